The van der Waals surface area contributed by atoms with E-state index in [4.69, 9.17) is 22.2 Å². The number of rotatable bonds is 5. The van der Waals surface area contributed by atoms with Crippen LogP contribution in [0.2, 0.25) is 0 Å². The maximum atomic E-state index is 11.6. The van der Waals surface area contributed by atoms with E-state index in [0.29, 0.717) is 5.75 Å². The first kappa shape index (κ1) is 14.7. The normalized spacial score (nSPS) is 13.8. The SMILES string of the molecule is COc1ccc(C(O)C(O)CCl)c(C(=O)NN)c1. The van der Waals surface area contributed by atoms with Gasteiger partial charge in [0.25, 0.3) is 5.91 Å². The van der Waals surface area contributed by atoms with Crippen LogP contribution in [-0.2, 0) is 0 Å². The molecule has 0 saturated carbocycles. The Kier molecular flexibility index (Phi) is 5.36. The van der Waals surface area contributed by atoms with Gasteiger partial charge in [-0.3, -0.25) is 10.2 Å². The summed E-state index contributed by atoms with van der Waals surface area (Å²) in [6.45, 7) is 0. The van der Waals surface area contributed by atoms with Gasteiger partial charge in [-0.15, -0.1) is 11.6 Å². The molecule has 1 aromatic carbocycles. The van der Waals surface area contributed by atoms with E-state index in [1.165, 1.54) is 19.2 Å². The van der Waals surface area contributed by atoms with E-state index in [2.05, 4.69) is 0 Å². The highest BCUT2D eigenvalue weighted by molar-refractivity contribution is 6.18. The molecule has 0 fully saturated rings. The van der Waals surface area contributed by atoms with Gasteiger partial charge in [-0.05, 0) is 17.7 Å². The molecular formula is C11H15ClN2O4. The summed E-state index contributed by atoms with van der Waals surface area (Å²) >= 11 is 5.46. The van der Waals surface area contributed by atoms with Crippen molar-refractivity contribution in [1.82, 2.24) is 5.43 Å². The number of alkyl halides is 1. The Morgan fingerprint density at radius 3 is 2.72 bits per heavy atom. The van der Waals surface area contributed by atoms with Gasteiger partial charge in [0.05, 0.1) is 24.7 Å². The molecule has 2 atom stereocenters. The van der Waals surface area contributed by atoms with Crippen LogP contribution < -0.4 is 16.0 Å². The Morgan fingerprint density at radius 1 is 1.56 bits per heavy atom. The molecule has 0 radical (unpaired) electrons. The number of nitrogen functional groups attached to an aromatic ring is 1. The highest BCUT2D eigenvalue weighted by Gasteiger charge is 2.23. The molecule has 18 heavy (non-hydrogen) atoms. The third kappa shape index (κ3) is 3.11. The number of aliphatic hydroxyl groups is 2. The maximum absolute atomic E-state index is 11.6. The van der Waals surface area contributed by atoms with Crippen molar-refractivity contribution < 1.29 is 19.7 Å². The number of hydrogen-bond acceptors (Lipinski definition) is 5. The minimum Gasteiger partial charge on any atom is -0.497 e. The molecule has 1 amide bonds. The molecule has 6 nitrogen and oxygen atoms in total. The molecule has 0 spiro atoms. The predicted octanol–water partition coefficient (Wildman–Crippen LogP) is -0.0682. The summed E-state index contributed by atoms with van der Waals surface area (Å²) in [6.07, 6.45) is -2.45. The zero-order chi connectivity index (χ0) is 13.7. The molecule has 0 bridgehead atoms. The molecule has 100 valence electrons. The predicted molar refractivity (Wildman–Crippen MR) is 66.3 cm³/mol. The van der Waals surface area contributed by atoms with Gasteiger partial charge in [-0.1, -0.05) is 6.07 Å². The number of benzene rings is 1. The lowest BCUT2D eigenvalue weighted by Gasteiger charge is -2.19. The molecular weight excluding hydrogens is 260 g/mol. The van der Waals surface area contributed by atoms with E-state index in [1.54, 1.807) is 6.07 Å². The van der Waals surface area contributed by atoms with Crippen molar-refractivity contribution >= 4 is 17.5 Å². The van der Waals surface area contributed by atoms with Crippen LogP contribution in [0.3, 0.4) is 0 Å². The second kappa shape index (κ2) is 6.55. The number of halogens is 1. The van der Waals surface area contributed by atoms with Crippen LogP contribution in [0.5, 0.6) is 5.75 Å². The summed E-state index contributed by atoms with van der Waals surface area (Å²) in [6, 6.07) is 4.46. The Labute approximate surface area is 109 Å². The van der Waals surface area contributed by atoms with Crippen molar-refractivity contribution in [3.63, 3.8) is 0 Å². The summed E-state index contributed by atoms with van der Waals surface area (Å²) in [7, 11) is 1.45. The van der Waals surface area contributed by atoms with Crippen molar-refractivity contribution in [2.75, 3.05) is 13.0 Å². The van der Waals surface area contributed by atoms with Crippen molar-refractivity contribution in [3.8, 4) is 5.75 Å². The summed E-state index contributed by atoms with van der Waals surface area (Å²) in [5, 5.41) is 19.4. The number of amides is 1. The maximum Gasteiger partial charge on any atom is 0.265 e. The smallest absolute Gasteiger partial charge is 0.265 e. The highest BCUT2D eigenvalue weighted by Crippen LogP contribution is 2.25. The number of methoxy groups -OCH3 is 1. The van der Waals surface area contributed by atoms with Gasteiger partial charge in [-0.2, -0.15) is 0 Å². The molecule has 0 saturated heterocycles. The lowest BCUT2D eigenvalue weighted by Crippen LogP contribution is -2.32. The first-order valence-corrected chi connectivity index (χ1v) is 5.69. The second-order valence-corrected chi connectivity index (χ2v) is 3.90. The number of carbonyl (C=O) groups is 1. The lowest BCUT2D eigenvalue weighted by molar-refractivity contribution is 0.0320. The quantitative estimate of drug-likeness (QED) is 0.260. The first-order chi connectivity index (χ1) is 8.54. The van der Waals surface area contributed by atoms with Gasteiger partial charge < -0.3 is 14.9 Å². The number of hydrogen-bond donors (Lipinski definition) is 4. The van der Waals surface area contributed by atoms with Crippen LogP contribution in [0.25, 0.3) is 0 Å². The van der Waals surface area contributed by atoms with Crippen molar-refractivity contribution in [2.24, 2.45) is 5.84 Å². The summed E-state index contributed by atoms with van der Waals surface area (Å²) in [4.78, 5) is 11.6. The molecule has 0 aliphatic heterocycles. The number of nitrogens with one attached hydrogen (secondary N) is 1. The monoisotopic (exact) mass is 274 g/mol. The lowest BCUT2D eigenvalue weighted by atomic mass is 9.98. The second-order valence-electron chi connectivity index (χ2n) is 3.59. The molecule has 0 aromatic heterocycles. The summed E-state index contributed by atoms with van der Waals surface area (Å²) in [5.74, 6) is 4.75. The number of ether oxygens (including phenoxy) is 1. The highest BCUT2D eigenvalue weighted by atomic mass is 35.5. The zero-order valence-electron chi connectivity index (χ0n) is 9.76. The Bertz CT molecular complexity index is 428. The van der Waals surface area contributed by atoms with Gasteiger partial charge in [0, 0.05) is 0 Å². The fourth-order valence-electron chi connectivity index (χ4n) is 1.49. The van der Waals surface area contributed by atoms with Crippen LogP contribution in [0, 0.1) is 0 Å². The number of nitrogens with two attached hydrogens (primary N) is 1. The topological polar surface area (TPSA) is 105 Å². The van der Waals surface area contributed by atoms with E-state index in [0.717, 1.165) is 0 Å². The van der Waals surface area contributed by atoms with Crippen LogP contribution in [0.15, 0.2) is 18.2 Å². The van der Waals surface area contributed by atoms with E-state index >= 15 is 0 Å². The van der Waals surface area contributed by atoms with Crippen LogP contribution in [0.4, 0.5) is 0 Å². The fraction of sp³-hybridized carbons (Fsp3) is 0.364. The molecule has 1 rings (SSSR count). The van der Waals surface area contributed by atoms with E-state index in [1.807, 2.05) is 5.43 Å². The van der Waals surface area contributed by atoms with Crippen molar-refractivity contribution in [1.29, 1.82) is 0 Å². The average Bonchev–Trinajstić information content (AvgIpc) is 2.43. The largest absolute Gasteiger partial charge is 0.497 e. The molecule has 0 aliphatic rings. The Morgan fingerprint density at radius 2 is 2.22 bits per heavy atom. The minimum atomic E-state index is -1.28. The van der Waals surface area contributed by atoms with E-state index in [-0.39, 0.29) is 17.0 Å². The standard InChI is InChI=1S/C11H15ClN2O4/c1-18-6-2-3-7(10(16)9(15)5-12)8(4-6)11(17)14-13/h2-4,9-10,15-16H,5,13H2,1H3,(H,14,17). The van der Waals surface area contributed by atoms with Crippen LogP contribution >= 0.6 is 11.6 Å². The molecule has 2 unspecified atom stereocenters. The molecule has 0 heterocycles. The van der Waals surface area contributed by atoms with Gasteiger partial charge in [-0.25, -0.2) is 5.84 Å². The minimum absolute atomic E-state index is 0.119. The van der Waals surface area contributed by atoms with Crippen LogP contribution in [0.1, 0.15) is 22.0 Å². The summed E-state index contributed by atoms with van der Waals surface area (Å²) in [5.41, 5.74) is 2.31. The molecule has 7 heteroatoms. The van der Waals surface area contributed by atoms with Crippen LogP contribution in [-0.4, -0.2) is 35.2 Å². The van der Waals surface area contributed by atoms with Gasteiger partial charge >= 0.3 is 0 Å². The molecule has 5 N–H and O–H groups in total. The van der Waals surface area contributed by atoms with E-state index in [9.17, 15) is 15.0 Å². The molecule has 1 aromatic rings. The fourth-order valence-corrected chi connectivity index (χ4v) is 1.66. The zero-order valence-corrected chi connectivity index (χ0v) is 10.5. The Balaban J connectivity index is 3.21. The third-order valence-corrected chi connectivity index (χ3v) is 2.79. The van der Waals surface area contributed by atoms with Gasteiger partial charge in [0.2, 0.25) is 0 Å². The van der Waals surface area contributed by atoms with Crippen molar-refractivity contribution in [3.05, 3.63) is 29.3 Å². The Hall–Kier alpha value is -1.34. The summed E-state index contributed by atoms with van der Waals surface area (Å²) < 4.78 is 4.98. The average molecular weight is 275 g/mol. The molecule has 0 aliphatic carbocycles. The third-order valence-electron chi connectivity index (χ3n) is 2.48. The number of aliphatic hydroxyl groups excluding tert-OH is 2. The van der Waals surface area contributed by atoms with Gasteiger partial charge in [0.1, 0.15) is 11.9 Å². The van der Waals surface area contributed by atoms with Gasteiger partial charge in [0.15, 0.2) is 0 Å². The number of hydrazine groups is 1. The number of carbonyl (C=O) groups excluding carboxylic acids is 1. The van der Waals surface area contributed by atoms with Crippen molar-refractivity contribution in [2.45, 2.75) is 12.2 Å². The van der Waals surface area contributed by atoms with E-state index < -0.39 is 18.1 Å². The first-order valence-electron chi connectivity index (χ1n) is 5.16.